The number of carbonyl (C=O) groups excluding carboxylic acids is 1. The second kappa shape index (κ2) is 3.46. The van der Waals surface area contributed by atoms with Gasteiger partial charge in [-0.15, -0.1) is 0 Å². The SMILES string of the molecule is NNC(=O)N(N)c1ccc(S(F)(F)(F)(F)F)cc1. The summed E-state index contributed by atoms with van der Waals surface area (Å²) >= 11 is 0. The van der Waals surface area contributed by atoms with E-state index < -0.39 is 21.2 Å². The number of urea groups is 1. The summed E-state index contributed by atoms with van der Waals surface area (Å²) in [5.74, 6) is 9.89. The molecule has 0 aromatic heterocycles. The zero-order valence-corrected chi connectivity index (χ0v) is 9.43. The highest BCUT2D eigenvalue weighted by molar-refractivity contribution is 8.45. The van der Waals surface area contributed by atoms with Gasteiger partial charge in [-0.1, -0.05) is 19.4 Å². The highest BCUT2D eigenvalue weighted by Crippen LogP contribution is 3.02. The van der Waals surface area contributed by atoms with E-state index in [0.29, 0.717) is 17.1 Å². The molecule has 0 aliphatic rings. The third kappa shape index (κ3) is 3.21. The lowest BCUT2D eigenvalue weighted by molar-refractivity contribution is 0.246. The first-order valence-corrected chi connectivity index (χ1v) is 6.20. The molecule has 0 saturated heterocycles. The van der Waals surface area contributed by atoms with Crippen LogP contribution in [0, 0.1) is 0 Å². The Morgan fingerprint density at radius 3 is 1.89 bits per heavy atom. The van der Waals surface area contributed by atoms with Gasteiger partial charge in [-0.25, -0.2) is 21.5 Å². The standard InChI is InChI=1S/C7H9F5N4OS/c8-18(9,10,11,12)6-3-1-5(2-4-6)16(14)7(17)15-13/h1-4H,13-14H2,(H,15,17). The van der Waals surface area contributed by atoms with Gasteiger partial charge in [0.25, 0.3) is 0 Å². The van der Waals surface area contributed by atoms with Gasteiger partial charge in [0, 0.05) is 0 Å². The first kappa shape index (κ1) is 14.5. The second-order valence-corrected chi connectivity index (χ2v) is 5.69. The minimum absolute atomic E-state index is 0.139. The van der Waals surface area contributed by atoms with Crippen LogP contribution in [0.2, 0.25) is 0 Å². The smallest absolute Gasteiger partial charge is 0.274 e. The van der Waals surface area contributed by atoms with Crippen LogP contribution < -0.4 is 22.1 Å². The minimum Gasteiger partial charge on any atom is -0.274 e. The van der Waals surface area contributed by atoms with Crippen molar-refractivity contribution in [3.63, 3.8) is 0 Å². The molecule has 0 radical (unpaired) electrons. The van der Waals surface area contributed by atoms with Crippen LogP contribution in [0.5, 0.6) is 0 Å². The number of nitrogens with two attached hydrogens (primary N) is 2. The van der Waals surface area contributed by atoms with Crippen molar-refractivity contribution in [2.75, 3.05) is 5.01 Å². The van der Waals surface area contributed by atoms with Crippen molar-refractivity contribution >= 4 is 21.9 Å². The molecule has 2 amide bonds. The van der Waals surface area contributed by atoms with Crippen LogP contribution in [0.15, 0.2) is 29.2 Å². The molecule has 0 saturated carbocycles. The summed E-state index contributed by atoms with van der Waals surface area (Å²) < 4.78 is 61.8. The zero-order valence-electron chi connectivity index (χ0n) is 8.62. The molecule has 11 heteroatoms. The molecule has 1 aromatic carbocycles. The van der Waals surface area contributed by atoms with Crippen molar-refractivity contribution in [1.29, 1.82) is 0 Å². The van der Waals surface area contributed by atoms with E-state index in [1.807, 2.05) is 0 Å². The van der Waals surface area contributed by atoms with E-state index in [0.717, 1.165) is 0 Å². The summed E-state index contributed by atoms with van der Waals surface area (Å²) in [6.07, 6.45) is 0. The van der Waals surface area contributed by atoms with E-state index in [1.54, 1.807) is 5.43 Å². The Morgan fingerprint density at radius 1 is 1.11 bits per heavy atom. The Hall–Kier alpha value is -1.59. The van der Waals surface area contributed by atoms with Crippen molar-refractivity contribution in [2.24, 2.45) is 11.7 Å². The lowest BCUT2D eigenvalue weighted by atomic mass is 10.3. The van der Waals surface area contributed by atoms with Gasteiger partial charge in [0.05, 0.1) is 5.69 Å². The molecular formula is C7H9F5N4OS. The van der Waals surface area contributed by atoms with Crippen LogP contribution in [-0.2, 0) is 0 Å². The van der Waals surface area contributed by atoms with Crippen molar-refractivity contribution in [3.05, 3.63) is 24.3 Å². The molecule has 0 aliphatic heterocycles. The first-order valence-electron chi connectivity index (χ1n) is 4.25. The summed E-state index contributed by atoms with van der Waals surface area (Å²) in [6.45, 7) is 0. The van der Waals surface area contributed by atoms with E-state index in [1.165, 1.54) is 0 Å². The number of nitrogens with one attached hydrogen (secondary N) is 1. The summed E-state index contributed by atoms with van der Waals surface area (Å²) in [5, 5.41) is 0.370. The fourth-order valence-electron chi connectivity index (χ4n) is 1.05. The van der Waals surface area contributed by atoms with E-state index in [2.05, 4.69) is 0 Å². The largest absolute Gasteiger partial charge is 0.350 e. The maximum atomic E-state index is 12.4. The number of hydrogen-bond acceptors (Lipinski definition) is 3. The van der Waals surface area contributed by atoms with Crippen LogP contribution in [0.25, 0.3) is 0 Å². The Balaban J connectivity index is 3.13. The van der Waals surface area contributed by atoms with Crippen molar-refractivity contribution in [3.8, 4) is 0 Å². The lowest BCUT2D eigenvalue weighted by Crippen LogP contribution is -2.47. The number of nitrogens with zero attached hydrogens (tertiary/aromatic N) is 1. The molecule has 5 N–H and O–H groups in total. The Morgan fingerprint density at radius 2 is 1.56 bits per heavy atom. The van der Waals surface area contributed by atoms with Crippen LogP contribution in [0.4, 0.5) is 29.9 Å². The van der Waals surface area contributed by atoms with Gasteiger partial charge in [0.2, 0.25) is 0 Å². The third-order valence-electron chi connectivity index (χ3n) is 1.90. The van der Waals surface area contributed by atoms with E-state index in [9.17, 15) is 24.2 Å². The lowest BCUT2D eigenvalue weighted by Gasteiger charge is -2.40. The molecule has 0 atom stereocenters. The van der Waals surface area contributed by atoms with E-state index >= 15 is 0 Å². The normalized spacial score (nSPS) is 15.5. The molecule has 0 heterocycles. The molecule has 18 heavy (non-hydrogen) atoms. The molecule has 1 rings (SSSR count). The molecule has 0 aliphatic carbocycles. The number of amides is 2. The fourth-order valence-corrected chi connectivity index (χ4v) is 1.70. The maximum absolute atomic E-state index is 12.4. The first-order chi connectivity index (χ1) is 7.85. The maximum Gasteiger partial charge on any atom is 0.350 e. The predicted molar refractivity (Wildman–Crippen MR) is 57.2 cm³/mol. The highest BCUT2D eigenvalue weighted by Gasteiger charge is 2.65. The molecule has 0 bridgehead atoms. The molecule has 0 fully saturated rings. The minimum atomic E-state index is -9.71. The van der Waals surface area contributed by atoms with Gasteiger partial charge >= 0.3 is 16.3 Å². The van der Waals surface area contributed by atoms with Crippen LogP contribution >= 0.6 is 10.2 Å². The number of hydrazine groups is 2. The third-order valence-corrected chi connectivity index (χ3v) is 3.07. The summed E-state index contributed by atoms with van der Waals surface area (Å²) in [7, 11) is -9.71. The average molecular weight is 292 g/mol. The topological polar surface area (TPSA) is 84.4 Å². The number of carbonyl (C=O) groups is 1. The second-order valence-electron chi connectivity index (χ2n) is 3.28. The van der Waals surface area contributed by atoms with Gasteiger partial charge in [-0.3, -0.25) is 5.43 Å². The van der Waals surface area contributed by atoms with E-state index in [4.69, 9.17) is 11.7 Å². The summed E-state index contributed by atoms with van der Waals surface area (Å²) in [4.78, 5) is 8.85. The molecule has 1 aromatic rings. The van der Waals surface area contributed by atoms with Gasteiger partial charge in [-0.05, 0) is 24.3 Å². The molecule has 104 valence electrons. The monoisotopic (exact) mass is 292 g/mol. The predicted octanol–water partition coefficient (Wildman–Crippen LogP) is 2.61. The van der Waals surface area contributed by atoms with Crippen LogP contribution in [0.1, 0.15) is 0 Å². The van der Waals surface area contributed by atoms with Gasteiger partial charge < -0.3 is 0 Å². The Kier molecular flexibility index (Phi) is 2.78. The van der Waals surface area contributed by atoms with Crippen LogP contribution in [0.3, 0.4) is 0 Å². The summed E-state index contributed by atoms with van der Waals surface area (Å²) in [6, 6.07) is 0.515. The number of rotatable bonds is 2. The van der Waals surface area contributed by atoms with Gasteiger partial charge in [0.15, 0.2) is 0 Å². The Bertz CT molecular complexity index is 472. The average Bonchev–Trinajstić information content (AvgIpc) is 2.24. The van der Waals surface area contributed by atoms with Gasteiger partial charge in [-0.2, -0.15) is 0 Å². The highest BCUT2D eigenvalue weighted by atomic mass is 32.5. The van der Waals surface area contributed by atoms with Crippen molar-refractivity contribution in [1.82, 2.24) is 5.43 Å². The number of hydrogen-bond donors (Lipinski definition) is 3. The van der Waals surface area contributed by atoms with Crippen LogP contribution in [-0.4, -0.2) is 6.03 Å². The molecule has 0 unspecified atom stereocenters. The molecule has 0 spiro atoms. The molecule has 5 nitrogen and oxygen atoms in total. The number of halogens is 5. The van der Waals surface area contributed by atoms with Crippen molar-refractivity contribution < 1.29 is 24.2 Å². The summed E-state index contributed by atoms with van der Waals surface area (Å²) in [5.41, 5.74) is 1.39. The number of anilines is 1. The van der Waals surface area contributed by atoms with E-state index in [-0.39, 0.29) is 17.8 Å². The molecular weight excluding hydrogens is 283 g/mol. The van der Waals surface area contributed by atoms with Gasteiger partial charge in [0.1, 0.15) is 4.90 Å². The number of benzene rings is 1. The zero-order chi connectivity index (χ0) is 14.3. The van der Waals surface area contributed by atoms with Crippen molar-refractivity contribution in [2.45, 2.75) is 4.90 Å². The quantitative estimate of drug-likeness (QED) is 0.339. The Labute approximate surface area is 98.2 Å². The fraction of sp³-hybridized carbons (Fsp3) is 0.